The molecule has 0 aliphatic carbocycles. The third-order valence-corrected chi connectivity index (χ3v) is 3.85. The molecule has 1 aromatic heterocycles. The van der Waals surface area contributed by atoms with Crippen LogP contribution in [0, 0.1) is 0 Å². The van der Waals surface area contributed by atoms with Crippen LogP contribution in [0.1, 0.15) is 21.7 Å². The maximum atomic E-state index is 12.8. The van der Waals surface area contributed by atoms with Crippen molar-refractivity contribution in [3.8, 4) is 5.75 Å². The van der Waals surface area contributed by atoms with Gasteiger partial charge in [-0.25, -0.2) is 4.98 Å². The van der Waals surface area contributed by atoms with Gasteiger partial charge in [0.15, 0.2) is 5.82 Å². The Morgan fingerprint density at radius 1 is 1.16 bits per heavy atom. The van der Waals surface area contributed by atoms with Crippen LogP contribution in [-0.2, 0) is 17.9 Å². The second kappa shape index (κ2) is 6.74. The van der Waals surface area contributed by atoms with Gasteiger partial charge in [0.2, 0.25) is 5.78 Å². The average molecular weight is 340 g/mol. The number of carbonyl (C=O) groups is 2. The van der Waals surface area contributed by atoms with Gasteiger partial charge in [-0.05, 0) is 17.7 Å². The monoisotopic (exact) mass is 340 g/mol. The highest BCUT2D eigenvalue weighted by Gasteiger charge is 2.21. The van der Waals surface area contributed by atoms with E-state index in [-0.39, 0.29) is 24.8 Å². The Kier molecular flexibility index (Phi) is 4.49. The quantitative estimate of drug-likeness (QED) is 0.664. The van der Waals surface area contributed by atoms with Crippen LogP contribution in [0.5, 0.6) is 5.75 Å². The molecule has 0 saturated heterocycles. The largest absolute Gasteiger partial charge is 0.497 e. The standard InChI is InChI=1S/C18H16N2O5/c1-25-13-6-7-14-15(8-13)20(9-16(22)23)18(19-14)17(24)12-4-2-11(10-21)3-5-12/h2-8,21H,9-10H2,1H3,(H,22,23). The summed E-state index contributed by atoms with van der Waals surface area (Å²) >= 11 is 0. The van der Waals surface area contributed by atoms with Crippen LogP contribution in [0.3, 0.4) is 0 Å². The first kappa shape index (κ1) is 16.7. The zero-order valence-electron chi connectivity index (χ0n) is 13.5. The fraction of sp³-hybridized carbons (Fsp3) is 0.167. The van der Waals surface area contributed by atoms with Crippen molar-refractivity contribution in [3.63, 3.8) is 0 Å². The lowest BCUT2D eigenvalue weighted by Crippen LogP contribution is -2.16. The van der Waals surface area contributed by atoms with Crippen LogP contribution in [-0.4, -0.2) is 38.6 Å². The van der Waals surface area contributed by atoms with Crippen molar-refractivity contribution < 1.29 is 24.5 Å². The number of carboxylic acids is 1. The summed E-state index contributed by atoms with van der Waals surface area (Å²) in [6.07, 6.45) is 0. The summed E-state index contributed by atoms with van der Waals surface area (Å²) in [6, 6.07) is 11.5. The van der Waals surface area contributed by atoms with Gasteiger partial charge < -0.3 is 19.5 Å². The number of nitrogens with zero attached hydrogens (tertiary/aromatic N) is 2. The van der Waals surface area contributed by atoms with Crippen LogP contribution in [0.15, 0.2) is 42.5 Å². The number of hydrogen-bond donors (Lipinski definition) is 2. The second-order valence-corrected chi connectivity index (χ2v) is 5.45. The Labute approximate surface area is 143 Å². The summed E-state index contributed by atoms with van der Waals surface area (Å²) in [7, 11) is 1.51. The first-order chi connectivity index (χ1) is 12.0. The number of benzene rings is 2. The molecule has 2 N–H and O–H groups in total. The Morgan fingerprint density at radius 2 is 1.88 bits per heavy atom. The SMILES string of the molecule is COc1ccc2nc(C(=O)c3ccc(CO)cc3)n(CC(=O)O)c2c1. The van der Waals surface area contributed by atoms with Gasteiger partial charge >= 0.3 is 5.97 Å². The zero-order valence-corrected chi connectivity index (χ0v) is 13.5. The van der Waals surface area contributed by atoms with Gasteiger partial charge in [-0.3, -0.25) is 9.59 Å². The van der Waals surface area contributed by atoms with Crippen molar-refractivity contribution in [1.82, 2.24) is 9.55 Å². The van der Waals surface area contributed by atoms with Crippen LogP contribution < -0.4 is 4.74 Å². The van der Waals surface area contributed by atoms with Gasteiger partial charge in [0.05, 0.1) is 24.8 Å². The minimum Gasteiger partial charge on any atom is -0.497 e. The van der Waals surface area contributed by atoms with E-state index in [2.05, 4.69) is 4.98 Å². The average Bonchev–Trinajstić information content (AvgIpc) is 2.98. The van der Waals surface area contributed by atoms with E-state index >= 15 is 0 Å². The summed E-state index contributed by atoms with van der Waals surface area (Å²) in [5.74, 6) is -0.875. The van der Waals surface area contributed by atoms with E-state index in [1.165, 1.54) is 11.7 Å². The van der Waals surface area contributed by atoms with Crippen molar-refractivity contribution in [2.45, 2.75) is 13.2 Å². The molecule has 7 nitrogen and oxygen atoms in total. The highest BCUT2D eigenvalue weighted by molar-refractivity contribution is 6.08. The molecule has 0 aliphatic heterocycles. The molecule has 0 unspecified atom stereocenters. The fourth-order valence-electron chi connectivity index (χ4n) is 2.59. The number of aliphatic hydroxyl groups excluding tert-OH is 1. The molecule has 0 fully saturated rings. The number of fused-ring (bicyclic) bond motifs is 1. The van der Waals surface area contributed by atoms with Gasteiger partial charge in [-0.15, -0.1) is 0 Å². The molecule has 3 rings (SSSR count). The predicted octanol–water partition coefficient (Wildman–Crippen LogP) is 1.85. The molecule has 0 atom stereocenters. The maximum Gasteiger partial charge on any atom is 0.323 e. The molecule has 0 spiro atoms. The van der Waals surface area contributed by atoms with Crippen molar-refractivity contribution >= 4 is 22.8 Å². The molecule has 3 aromatic rings. The Bertz CT molecular complexity index is 944. The van der Waals surface area contributed by atoms with Crippen molar-refractivity contribution in [2.75, 3.05) is 7.11 Å². The van der Waals surface area contributed by atoms with E-state index in [0.717, 1.165) is 0 Å². The van der Waals surface area contributed by atoms with Crippen LogP contribution >= 0.6 is 0 Å². The molecule has 128 valence electrons. The highest BCUT2D eigenvalue weighted by atomic mass is 16.5. The number of carbonyl (C=O) groups excluding carboxylic acids is 1. The summed E-state index contributed by atoms with van der Waals surface area (Å²) < 4.78 is 6.53. The predicted molar refractivity (Wildman–Crippen MR) is 89.7 cm³/mol. The number of methoxy groups -OCH3 is 1. The third-order valence-electron chi connectivity index (χ3n) is 3.85. The number of aliphatic hydroxyl groups is 1. The molecule has 0 aliphatic rings. The number of aromatic nitrogens is 2. The number of ether oxygens (including phenoxy) is 1. The summed E-state index contributed by atoms with van der Waals surface area (Å²) in [4.78, 5) is 28.3. The number of aliphatic carboxylic acids is 1. The third kappa shape index (κ3) is 3.22. The topological polar surface area (TPSA) is 102 Å². The van der Waals surface area contributed by atoms with E-state index in [4.69, 9.17) is 9.84 Å². The maximum absolute atomic E-state index is 12.8. The molecule has 0 radical (unpaired) electrons. The first-order valence-electron chi connectivity index (χ1n) is 7.54. The van der Waals surface area contributed by atoms with Crippen LogP contribution in [0.2, 0.25) is 0 Å². The Balaban J connectivity index is 2.12. The van der Waals surface area contributed by atoms with Gasteiger partial charge in [-0.2, -0.15) is 0 Å². The van der Waals surface area contributed by atoms with Crippen molar-refractivity contribution in [2.24, 2.45) is 0 Å². The van der Waals surface area contributed by atoms with Crippen LogP contribution in [0.4, 0.5) is 0 Å². The van der Waals surface area contributed by atoms with Gasteiger partial charge in [0.25, 0.3) is 0 Å². The number of rotatable bonds is 6. The van der Waals surface area contributed by atoms with Gasteiger partial charge in [0, 0.05) is 11.6 Å². The number of ketones is 1. The molecular formula is C18H16N2O5. The van der Waals surface area contributed by atoms with Gasteiger partial charge in [-0.1, -0.05) is 24.3 Å². The lowest BCUT2D eigenvalue weighted by atomic mass is 10.1. The minimum atomic E-state index is -1.08. The van der Waals surface area contributed by atoms with Crippen molar-refractivity contribution in [1.29, 1.82) is 0 Å². The van der Waals surface area contributed by atoms with E-state index in [9.17, 15) is 14.7 Å². The first-order valence-corrected chi connectivity index (χ1v) is 7.54. The molecular weight excluding hydrogens is 324 g/mol. The van der Waals surface area contributed by atoms with Crippen LogP contribution in [0.25, 0.3) is 11.0 Å². The van der Waals surface area contributed by atoms with E-state index in [0.29, 0.717) is 27.9 Å². The minimum absolute atomic E-state index is 0.0439. The summed E-state index contributed by atoms with van der Waals surface area (Å²) in [6.45, 7) is -0.509. The van der Waals surface area contributed by atoms with Crippen molar-refractivity contribution in [3.05, 3.63) is 59.4 Å². The fourth-order valence-corrected chi connectivity index (χ4v) is 2.59. The second-order valence-electron chi connectivity index (χ2n) is 5.45. The number of carboxylic acid groups (broad SMARTS) is 1. The molecule has 0 saturated carbocycles. The highest BCUT2D eigenvalue weighted by Crippen LogP contribution is 2.23. The molecule has 0 amide bonds. The lowest BCUT2D eigenvalue weighted by molar-refractivity contribution is -0.137. The number of imidazole rings is 1. The molecule has 25 heavy (non-hydrogen) atoms. The zero-order chi connectivity index (χ0) is 18.0. The summed E-state index contributed by atoms with van der Waals surface area (Å²) in [5.41, 5.74) is 2.07. The smallest absolute Gasteiger partial charge is 0.323 e. The summed E-state index contributed by atoms with van der Waals surface area (Å²) in [5, 5.41) is 18.3. The molecule has 0 bridgehead atoms. The molecule has 1 heterocycles. The van der Waals surface area contributed by atoms with E-state index < -0.39 is 5.97 Å². The van der Waals surface area contributed by atoms with E-state index in [1.54, 1.807) is 42.5 Å². The Hall–Kier alpha value is -3.19. The lowest BCUT2D eigenvalue weighted by Gasteiger charge is -2.07. The van der Waals surface area contributed by atoms with E-state index in [1.807, 2.05) is 0 Å². The molecule has 7 heteroatoms. The molecule has 2 aromatic carbocycles. The van der Waals surface area contributed by atoms with Gasteiger partial charge in [0.1, 0.15) is 12.3 Å². The Morgan fingerprint density at radius 3 is 2.48 bits per heavy atom. The number of hydrogen-bond acceptors (Lipinski definition) is 5. The normalized spacial score (nSPS) is 10.8.